The highest BCUT2D eigenvalue weighted by Gasteiger charge is 2.21. The van der Waals surface area contributed by atoms with Gasteiger partial charge in [-0.25, -0.2) is 4.98 Å². The van der Waals surface area contributed by atoms with Gasteiger partial charge < -0.3 is 9.30 Å². The molecule has 0 unspecified atom stereocenters. The number of fused-ring (bicyclic) bond motifs is 1. The monoisotopic (exact) mass is 477 g/mol. The highest BCUT2D eigenvalue weighted by molar-refractivity contribution is 9.10. The summed E-state index contributed by atoms with van der Waals surface area (Å²) in [6.07, 6.45) is 0. The van der Waals surface area contributed by atoms with E-state index in [2.05, 4.69) is 31.0 Å². The lowest BCUT2D eigenvalue weighted by molar-refractivity contribution is -0.0494. The molecule has 148 valence electrons. The van der Waals surface area contributed by atoms with Crippen molar-refractivity contribution in [2.75, 3.05) is 5.32 Å². The van der Waals surface area contributed by atoms with Crippen molar-refractivity contribution in [3.63, 3.8) is 0 Å². The van der Waals surface area contributed by atoms with Gasteiger partial charge in [0, 0.05) is 28.9 Å². The molecule has 0 aliphatic heterocycles. The molecule has 1 N–H and O–H groups in total. The minimum atomic E-state index is -2.93. The zero-order valence-electron chi connectivity index (χ0n) is 15.0. The summed E-state index contributed by atoms with van der Waals surface area (Å²) in [5.41, 5.74) is 2.25. The highest BCUT2D eigenvalue weighted by atomic mass is 79.9. The van der Waals surface area contributed by atoms with Crippen molar-refractivity contribution in [3.05, 3.63) is 64.1 Å². The summed E-state index contributed by atoms with van der Waals surface area (Å²) >= 11 is 4.71. The number of rotatable bonds is 5. The first kappa shape index (κ1) is 19.5. The van der Waals surface area contributed by atoms with Crippen LogP contribution >= 0.6 is 27.3 Å². The summed E-state index contributed by atoms with van der Waals surface area (Å²) in [6, 6.07) is 14.1. The van der Waals surface area contributed by atoms with Gasteiger partial charge in [-0.2, -0.15) is 8.78 Å². The predicted octanol–water partition coefficient (Wildman–Crippen LogP) is 5.92. The third kappa shape index (κ3) is 3.75. The standard InChI is InChI=1S/C20H14BrF2N3O2S/c1-26-14-8-4-2-7-12(14)16(21)17(26)18(27)25-20-24-13(10-29-20)11-6-3-5-9-15(11)28-19(22)23/h2-10,19H,1H3,(H,24,25,27). The summed E-state index contributed by atoms with van der Waals surface area (Å²) < 4.78 is 32.3. The normalized spacial score (nSPS) is 11.2. The molecular weight excluding hydrogens is 464 g/mol. The molecule has 0 radical (unpaired) electrons. The number of anilines is 1. The Morgan fingerprint density at radius 3 is 2.69 bits per heavy atom. The number of amides is 1. The Bertz CT molecular complexity index is 1170. The molecule has 2 aromatic heterocycles. The zero-order valence-corrected chi connectivity index (χ0v) is 17.4. The minimum absolute atomic E-state index is 0.0297. The molecule has 0 bridgehead atoms. The van der Waals surface area contributed by atoms with Gasteiger partial charge in [0.2, 0.25) is 0 Å². The number of carbonyl (C=O) groups excluding carboxylic acids is 1. The first-order valence-electron chi connectivity index (χ1n) is 8.49. The molecule has 9 heteroatoms. The maximum Gasteiger partial charge on any atom is 0.387 e. The van der Waals surface area contributed by atoms with E-state index in [9.17, 15) is 13.6 Å². The maximum atomic E-state index is 12.9. The fourth-order valence-electron chi connectivity index (χ4n) is 3.09. The molecule has 0 aliphatic rings. The van der Waals surface area contributed by atoms with Crippen molar-refractivity contribution in [2.45, 2.75) is 6.61 Å². The van der Waals surface area contributed by atoms with E-state index in [1.54, 1.807) is 28.1 Å². The zero-order chi connectivity index (χ0) is 20.5. The summed E-state index contributed by atoms with van der Waals surface area (Å²) in [5.74, 6) is -0.296. The quantitative estimate of drug-likeness (QED) is 0.388. The van der Waals surface area contributed by atoms with E-state index in [1.165, 1.54) is 17.4 Å². The molecule has 5 nitrogen and oxygen atoms in total. The van der Waals surface area contributed by atoms with Crippen LogP contribution in [-0.4, -0.2) is 22.1 Å². The van der Waals surface area contributed by atoms with E-state index in [-0.39, 0.29) is 11.7 Å². The van der Waals surface area contributed by atoms with E-state index < -0.39 is 6.61 Å². The van der Waals surface area contributed by atoms with Crippen LogP contribution in [0.15, 0.2) is 58.4 Å². The average Bonchev–Trinajstić information content (AvgIpc) is 3.25. The fraction of sp³-hybridized carbons (Fsp3) is 0.100. The van der Waals surface area contributed by atoms with Crippen LogP contribution in [0, 0.1) is 0 Å². The second-order valence-corrected chi connectivity index (χ2v) is 7.76. The lowest BCUT2D eigenvalue weighted by Gasteiger charge is -2.08. The molecule has 1 amide bonds. The molecule has 2 heterocycles. The van der Waals surface area contributed by atoms with Gasteiger partial charge >= 0.3 is 6.61 Å². The first-order valence-corrected chi connectivity index (χ1v) is 10.2. The number of alkyl halides is 2. The summed E-state index contributed by atoms with van der Waals surface area (Å²) in [5, 5.41) is 5.74. The summed E-state index contributed by atoms with van der Waals surface area (Å²) in [6.45, 7) is -2.93. The topological polar surface area (TPSA) is 56.2 Å². The number of nitrogens with zero attached hydrogens (tertiary/aromatic N) is 2. The van der Waals surface area contributed by atoms with Gasteiger partial charge in [-0.1, -0.05) is 30.3 Å². The number of aryl methyl sites for hydroxylation is 1. The van der Waals surface area contributed by atoms with Crippen molar-refractivity contribution in [1.82, 2.24) is 9.55 Å². The van der Waals surface area contributed by atoms with Crippen molar-refractivity contribution >= 4 is 49.2 Å². The van der Waals surface area contributed by atoms with Crippen molar-refractivity contribution in [2.24, 2.45) is 7.05 Å². The van der Waals surface area contributed by atoms with Crippen LogP contribution in [-0.2, 0) is 7.05 Å². The Morgan fingerprint density at radius 1 is 1.21 bits per heavy atom. The van der Waals surface area contributed by atoms with Gasteiger partial charge in [-0.3, -0.25) is 10.1 Å². The average molecular weight is 478 g/mol. The predicted molar refractivity (Wildman–Crippen MR) is 113 cm³/mol. The van der Waals surface area contributed by atoms with Gasteiger partial charge in [-0.05, 0) is 34.1 Å². The number of halogens is 3. The van der Waals surface area contributed by atoms with Gasteiger partial charge in [0.15, 0.2) is 5.13 Å². The Kier molecular flexibility index (Phi) is 5.33. The molecule has 2 aromatic carbocycles. The smallest absolute Gasteiger partial charge is 0.387 e. The number of para-hydroxylation sites is 2. The van der Waals surface area contributed by atoms with E-state index in [4.69, 9.17) is 0 Å². The second kappa shape index (κ2) is 7.92. The Hall–Kier alpha value is -2.78. The van der Waals surface area contributed by atoms with Gasteiger partial charge in [0.05, 0.1) is 10.2 Å². The van der Waals surface area contributed by atoms with Gasteiger partial charge in [-0.15, -0.1) is 11.3 Å². The van der Waals surface area contributed by atoms with Crippen molar-refractivity contribution < 1.29 is 18.3 Å². The van der Waals surface area contributed by atoms with E-state index >= 15 is 0 Å². The molecule has 0 saturated carbocycles. The molecule has 0 fully saturated rings. The van der Waals surface area contributed by atoms with Crippen LogP contribution in [0.3, 0.4) is 0 Å². The van der Waals surface area contributed by atoms with E-state index in [1.807, 2.05) is 31.3 Å². The molecular formula is C20H14BrF2N3O2S. The first-order chi connectivity index (χ1) is 14.0. The molecule has 4 aromatic rings. The Labute approximate surface area is 177 Å². The number of carbonyl (C=O) groups is 1. The number of ether oxygens (including phenoxy) is 1. The van der Waals surface area contributed by atoms with Crippen LogP contribution in [0.2, 0.25) is 0 Å². The van der Waals surface area contributed by atoms with Crippen LogP contribution in [0.4, 0.5) is 13.9 Å². The van der Waals surface area contributed by atoms with Crippen LogP contribution in [0.5, 0.6) is 5.75 Å². The Morgan fingerprint density at radius 2 is 1.93 bits per heavy atom. The maximum absolute atomic E-state index is 12.9. The van der Waals surface area contributed by atoms with Gasteiger partial charge in [0.25, 0.3) is 5.91 Å². The molecule has 0 aliphatic carbocycles. The largest absolute Gasteiger partial charge is 0.434 e. The number of hydrogen-bond donors (Lipinski definition) is 1. The number of benzene rings is 2. The van der Waals surface area contributed by atoms with Crippen molar-refractivity contribution in [3.8, 4) is 17.0 Å². The lowest BCUT2D eigenvalue weighted by atomic mass is 10.1. The Balaban J connectivity index is 1.62. The number of thiazole rings is 1. The lowest BCUT2D eigenvalue weighted by Crippen LogP contribution is -2.16. The third-order valence-electron chi connectivity index (χ3n) is 4.36. The van der Waals surface area contributed by atoms with Crippen LogP contribution < -0.4 is 10.1 Å². The second-order valence-electron chi connectivity index (χ2n) is 6.11. The van der Waals surface area contributed by atoms with E-state index in [0.717, 1.165) is 10.9 Å². The molecule has 0 saturated heterocycles. The van der Waals surface area contributed by atoms with Gasteiger partial charge in [0.1, 0.15) is 11.4 Å². The minimum Gasteiger partial charge on any atom is -0.434 e. The SMILES string of the molecule is Cn1c(C(=O)Nc2nc(-c3ccccc3OC(F)F)cs2)c(Br)c2ccccc21. The third-order valence-corrected chi connectivity index (χ3v) is 5.92. The summed E-state index contributed by atoms with van der Waals surface area (Å²) in [7, 11) is 1.81. The number of nitrogens with one attached hydrogen (secondary N) is 1. The number of aromatic nitrogens is 2. The molecule has 0 spiro atoms. The molecule has 0 atom stereocenters. The number of hydrogen-bond acceptors (Lipinski definition) is 4. The van der Waals surface area contributed by atoms with E-state index in [0.29, 0.717) is 26.6 Å². The molecule has 29 heavy (non-hydrogen) atoms. The van der Waals surface area contributed by atoms with Crippen LogP contribution in [0.1, 0.15) is 10.5 Å². The summed E-state index contributed by atoms with van der Waals surface area (Å²) in [4.78, 5) is 17.2. The van der Waals surface area contributed by atoms with Crippen molar-refractivity contribution in [1.29, 1.82) is 0 Å². The highest BCUT2D eigenvalue weighted by Crippen LogP contribution is 2.34. The molecule has 4 rings (SSSR count). The van der Waals surface area contributed by atoms with Crippen LogP contribution in [0.25, 0.3) is 22.2 Å². The fourth-order valence-corrected chi connectivity index (χ4v) is 4.57.